The van der Waals surface area contributed by atoms with Gasteiger partial charge in [0.15, 0.2) is 0 Å². The first-order chi connectivity index (χ1) is 1.91. The molecule has 0 N–H and O–H groups in total. The zero-order valence-corrected chi connectivity index (χ0v) is 4.36. The molecule has 25 valence electrons. The second kappa shape index (κ2) is 3.69. The van der Waals surface area contributed by atoms with Gasteiger partial charge in [0.05, 0.1) is 6.61 Å². The normalized spacial score (nSPS) is 7.50. The molecule has 0 saturated carbocycles. The molecule has 1 radical (unpaired) electrons. The molecule has 0 amide bonds. The summed E-state index contributed by atoms with van der Waals surface area (Å²) in [6.45, 7) is 0.0561. The van der Waals surface area contributed by atoms with E-state index in [2.05, 4.69) is 0 Å². The van der Waals surface area contributed by atoms with Crippen molar-refractivity contribution in [3.63, 3.8) is 0 Å². The highest BCUT2D eigenvalue weighted by molar-refractivity contribution is 14.1. The summed E-state index contributed by atoms with van der Waals surface area (Å²) in [6, 6.07) is 0. The van der Waals surface area contributed by atoms with Gasteiger partial charge in [-0.2, -0.15) is 0 Å². The van der Waals surface area contributed by atoms with Gasteiger partial charge in [-0.15, -0.1) is 0 Å². The summed E-state index contributed by atoms with van der Waals surface area (Å²) < 4.78 is 0.734. The van der Waals surface area contributed by atoms with Crippen LogP contribution >= 0.6 is 22.6 Å². The number of hydrogen-bond donors (Lipinski definition) is 0. The monoisotopic (exact) mass is 171 g/mol. The molecule has 0 saturated heterocycles. The predicted octanol–water partition coefficient (Wildman–Crippen LogP) is 0.852. The van der Waals surface area contributed by atoms with E-state index in [1.807, 2.05) is 22.6 Å². The van der Waals surface area contributed by atoms with Crippen molar-refractivity contribution in [2.24, 2.45) is 0 Å². The molecule has 4 heavy (non-hydrogen) atoms. The molecule has 0 spiro atoms. The molecule has 0 bridgehead atoms. The van der Waals surface area contributed by atoms with E-state index < -0.39 is 0 Å². The van der Waals surface area contributed by atoms with Gasteiger partial charge in [0.2, 0.25) is 0 Å². The number of hydrogen-bond acceptors (Lipinski definition) is 0. The van der Waals surface area contributed by atoms with Gasteiger partial charge in [0, 0.05) is 4.43 Å². The highest BCUT2D eigenvalue weighted by Crippen LogP contribution is 1.72. The van der Waals surface area contributed by atoms with Gasteiger partial charge in [0.1, 0.15) is 0 Å². The summed E-state index contributed by atoms with van der Waals surface area (Å²) >= 11 is 2.04. The topological polar surface area (TPSA) is 19.9 Å². The molecule has 0 heterocycles. The van der Waals surface area contributed by atoms with Crippen LogP contribution in [0.5, 0.6) is 0 Å². The van der Waals surface area contributed by atoms with Crippen LogP contribution in [0.1, 0.15) is 0 Å². The molecule has 0 aromatic heterocycles. The van der Waals surface area contributed by atoms with Crippen molar-refractivity contribution in [2.45, 2.75) is 0 Å². The highest BCUT2D eigenvalue weighted by atomic mass is 127. The summed E-state index contributed by atoms with van der Waals surface area (Å²) in [4.78, 5) is 0. The van der Waals surface area contributed by atoms with E-state index in [-0.39, 0.29) is 6.61 Å². The first-order valence-corrected chi connectivity index (χ1v) is 2.58. The fraction of sp³-hybridized carbons (Fsp3) is 1.00. The minimum absolute atomic E-state index is 0.0561. The number of rotatable bonds is 1. The maximum Gasteiger partial charge on any atom is 0.0911 e. The van der Waals surface area contributed by atoms with Crippen LogP contribution in [0.25, 0.3) is 0 Å². The van der Waals surface area contributed by atoms with Crippen LogP contribution in [0.2, 0.25) is 0 Å². The summed E-state index contributed by atoms with van der Waals surface area (Å²) in [7, 11) is 0. The van der Waals surface area contributed by atoms with E-state index in [4.69, 9.17) is 0 Å². The average molecular weight is 171 g/mol. The van der Waals surface area contributed by atoms with Gasteiger partial charge < -0.3 is 0 Å². The lowest BCUT2D eigenvalue weighted by atomic mass is 10.9. The SMILES string of the molecule is [O]CCI. The van der Waals surface area contributed by atoms with Crippen LogP contribution in [-0.2, 0) is 5.11 Å². The van der Waals surface area contributed by atoms with Crippen LogP contribution in [0.4, 0.5) is 0 Å². The smallest absolute Gasteiger partial charge is 0.0911 e. The third-order valence-electron chi connectivity index (χ3n) is 0.0772. The molecule has 0 atom stereocenters. The van der Waals surface area contributed by atoms with Gasteiger partial charge in [-0.1, -0.05) is 22.6 Å². The standard InChI is InChI=1S/C2H4IO/c3-1-2-4/h1-2H2. The Kier molecular flexibility index (Phi) is 4.33. The zero-order chi connectivity index (χ0) is 3.41. The molecular weight excluding hydrogens is 167 g/mol. The van der Waals surface area contributed by atoms with Crippen molar-refractivity contribution in [2.75, 3.05) is 11.0 Å². The van der Waals surface area contributed by atoms with Crippen LogP contribution in [0.3, 0.4) is 0 Å². The molecule has 0 fully saturated rings. The van der Waals surface area contributed by atoms with Crippen molar-refractivity contribution in [3.8, 4) is 0 Å². The molecular formula is C2H4IO. The highest BCUT2D eigenvalue weighted by Gasteiger charge is 1.62. The Morgan fingerprint density at radius 3 is 2.00 bits per heavy atom. The molecule has 0 aliphatic heterocycles. The maximum absolute atomic E-state index is 9.29. The lowest BCUT2D eigenvalue weighted by Crippen LogP contribution is -1.72. The van der Waals surface area contributed by atoms with E-state index in [0.29, 0.717) is 0 Å². The van der Waals surface area contributed by atoms with Crippen LogP contribution < -0.4 is 0 Å². The Balaban J connectivity index is 1.97. The molecule has 2 heteroatoms. The summed E-state index contributed by atoms with van der Waals surface area (Å²) in [5.41, 5.74) is 0. The fourth-order valence-corrected chi connectivity index (χ4v) is 0. The molecule has 0 unspecified atom stereocenters. The second-order valence-electron chi connectivity index (χ2n) is 0.393. The molecule has 0 rings (SSSR count). The largest absolute Gasteiger partial charge is 0.236 e. The quantitative estimate of drug-likeness (QED) is 0.411. The van der Waals surface area contributed by atoms with Gasteiger partial charge in [-0.05, 0) is 0 Å². The molecule has 0 aromatic carbocycles. The molecule has 0 aliphatic rings. The average Bonchev–Trinajstić information content (AvgIpc) is 1.37. The van der Waals surface area contributed by atoms with Gasteiger partial charge in [-0.25, -0.2) is 5.11 Å². The zero-order valence-electron chi connectivity index (χ0n) is 2.20. The molecule has 0 aliphatic carbocycles. The Morgan fingerprint density at radius 1 is 1.75 bits per heavy atom. The van der Waals surface area contributed by atoms with Crippen LogP contribution in [0, 0.1) is 0 Å². The molecule has 1 nitrogen and oxygen atoms in total. The third kappa shape index (κ3) is 2.69. The second-order valence-corrected chi connectivity index (χ2v) is 1.47. The molecule has 0 aromatic rings. The first kappa shape index (κ1) is 4.69. The van der Waals surface area contributed by atoms with Crippen molar-refractivity contribution >= 4 is 22.6 Å². The Hall–Kier alpha value is 0.690. The minimum atomic E-state index is 0.0561. The van der Waals surface area contributed by atoms with E-state index in [1.165, 1.54) is 0 Å². The van der Waals surface area contributed by atoms with E-state index in [0.717, 1.165) is 4.43 Å². The Bertz CT molecular complexity index is 8.00. The Labute approximate surface area is 39.2 Å². The van der Waals surface area contributed by atoms with E-state index in [1.54, 1.807) is 0 Å². The lowest BCUT2D eigenvalue weighted by Gasteiger charge is -1.62. The predicted molar refractivity (Wildman–Crippen MR) is 24.4 cm³/mol. The fourth-order valence-electron chi connectivity index (χ4n) is 0. The van der Waals surface area contributed by atoms with E-state index >= 15 is 0 Å². The first-order valence-electron chi connectivity index (χ1n) is 1.06. The summed E-state index contributed by atoms with van der Waals surface area (Å²) in [5, 5.41) is 9.29. The van der Waals surface area contributed by atoms with Gasteiger partial charge >= 0.3 is 0 Å². The lowest BCUT2D eigenvalue weighted by molar-refractivity contribution is 0.217. The summed E-state index contributed by atoms with van der Waals surface area (Å²) in [6.07, 6.45) is 0. The Morgan fingerprint density at radius 2 is 2.00 bits per heavy atom. The van der Waals surface area contributed by atoms with Crippen molar-refractivity contribution < 1.29 is 5.11 Å². The van der Waals surface area contributed by atoms with Crippen LogP contribution in [-0.4, -0.2) is 11.0 Å². The van der Waals surface area contributed by atoms with Crippen molar-refractivity contribution in [1.82, 2.24) is 0 Å². The number of halogens is 1. The van der Waals surface area contributed by atoms with Gasteiger partial charge in [0.25, 0.3) is 0 Å². The van der Waals surface area contributed by atoms with Crippen molar-refractivity contribution in [1.29, 1.82) is 0 Å². The third-order valence-corrected chi connectivity index (χ3v) is 0.518. The number of alkyl halides is 1. The van der Waals surface area contributed by atoms with Crippen molar-refractivity contribution in [3.05, 3.63) is 0 Å². The summed E-state index contributed by atoms with van der Waals surface area (Å²) in [5.74, 6) is 0. The minimum Gasteiger partial charge on any atom is -0.236 e. The van der Waals surface area contributed by atoms with Crippen LogP contribution in [0.15, 0.2) is 0 Å². The van der Waals surface area contributed by atoms with E-state index in [9.17, 15) is 5.11 Å². The maximum atomic E-state index is 9.29. The van der Waals surface area contributed by atoms with Gasteiger partial charge in [-0.3, -0.25) is 0 Å².